The van der Waals surface area contributed by atoms with Crippen LogP contribution in [0.5, 0.6) is 5.75 Å². The van der Waals surface area contributed by atoms with E-state index < -0.39 is 0 Å². The number of ether oxygens (including phenoxy) is 1. The third-order valence-corrected chi connectivity index (χ3v) is 9.13. The molecule has 0 aromatic heterocycles. The van der Waals surface area contributed by atoms with Crippen LogP contribution in [-0.4, -0.2) is 7.11 Å². The molecule has 0 saturated heterocycles. The Morgan fingerprint density at radius 3 is 1.60 bits per heavy atom. The maximum atomic E-state index is 13.9. The van der Waals surface area contributed by atoms with Crippen molar-refractivity contribution in [1.29, 1.82) is 0 Å². The number of rotatable bonds is 3. The largest absolute Gasteiger partial charge is 0.495 e. The highest BCUT2D eigenvalue weighted by atomic mass is 19.1. The lowest BCUT2D eigenvalue weighted by atomic mass is 9.84. The van der Waals surface area contributed by atoms with E-state index in [4.69, 9.17) is 4.74 Å². The van der Waals surface area contributed by atoms with Gasteiger partial charge in [-0.05, 0) is 94.3 Å². The molecule has 2 heteroatoms. The number of benzene rings is 9. The molecule has 0 heterocycles. The first-order chi connectivity index (χ1) is 21.2. The van der Waals surface area contributed by atoms with Crippen molar-refractivity contribution in [3.05, 3.63) is 139 Å². The van der Waals surface area contributed by atoms with E-state index in [1.165, 1.54) is 65.8 Å². The molecule has 202 valence electrons. The summed E-state index contributed by atoms with van der Waals surface area (Å²) in [6.45, 7) is 0. The van der Waals surface area contributed by atoms with Gasteiger partial charge in [-0.25, -0.2) is 4.39 Å². The summed E-state index contributed by atoms with van der Waals surface area (Å²) in [7, 11) is 1.76. The number of fused-ring (bicyclic) bond motifs is 3. The molecule has 0 bridgehead atoms. The normalized spacial score (nSPS) is 12.0. The van der Waals surface area contributed by atoms with Crippen molar-refractivity contribution in [3.63, 3.8) is 0 Å². The Labute approximate surface area is 247 Å². The second-order valence-electron chi connectivity index (χ2n) is 11.4. The van der Waals surface area contributed by atoms with Crippen molar-refractivity contribution >= 4 is 64.6 Å². The van der Waals surface area contributed by atoms with Crippen molar-refractivity contribution in [2.45, 2.75) is 0 Å². The maximum absolute atomic E-state index is 13.9. The summed E-state index contributed by atoms with van der Waals surface area (Å²) >= 11 is 0. The van der Waals surface area contributed by atoms with Crippen molar-refractivity contribution < 1.29 is 9.13 Å². The van der Waals surface area contributed by atoms with Gasteiger partial charge in [0.15, 0.2) is 0 Å². The van der Waals surface area contributed by atoms with E-state index in [2.05, 4.69) is 109 Å². The van der Waals surface area contributed by atoms with Crippen LogP contribution >= 0.6 is 0 Å². The highest BCUT2D eigenvalue weighted by molar-refractivity contribution is 6.30. The number of hydrogen-bond acceptors (Lipinski definition) is 1. The van der Waals surface area contributed by atoms with Crippen LogP contribution in [0.2, 0.25) is 0 Å². The quantitative estimate of drug-likeness (QED) is 0.156. The second-order valence-corrected chi connectivity index (χ2v) is 11.4. The van der Waals surface area contributed by atoms with E-state index in [0.29, 0.717) is 0 Å². The van der Waals surface area contributed by atoms with E-state index in [-0.39, 0.29) is 5.82 Å². The van der Waals surface area contributed by atoms with Crippen LogP contribution in [-0.2, 0) is 0 Å². The fourth-order valence-electron chi connectivity index (χ4n) is 7.25. The van der Waals surface area contributed by atoms with Crippen molar-refractivity contribution in [2.24, 2.45) is 0 Å². The minimum absolute atomic E-state index is 0.212. The molecule has 9 aromatic carbocycles. The molecule has 9 aromatic rings. The van der Waals surface area contributed by atoms with Crippen LogP contribution in [0, 0.1) is 5.82 Å². The fourth-order valence-corrected chi connectivity index (χ4v) is 7.25. The molecule has 0 aliphatic heterocycles. The predicted octanol–water partition coefficient (Wildman–Crippen LogP) is 11.5. The van der Waals surface area contributed by atoms with Crippen LogP contribution < -0.4 is 4.74 Å². The minimum Gasteiger partial charge on any atom is -0.495 e. The Morgan fingerprint density at radius 2 is 0.953 bits per heavy atom. The maximum Gasteiger partial charge on any atom is 0.134 e. The first-order valence-electron chi connectivity index (χ1n) is 14.6. The third-order valence-electron chi connectivity index (χ3n) is 9.13. The van der Waals surface area contributed by atoms with Gasteiger partial charge >= 0.3 is 0 Å². The standard InChI is InChI=1S/C41H25FO/c1-43-41-36-8-4-2-6-31(36)40(32-7-3-5-9-37(32)41)35-21-16-25-14-19-33-30(18-13-24-15-20-34(35)39(25)38(24)33)28-11-10-27-23-29(42)17-12-26(27)22-28/h2-23H,1H3. The number of hydrogen-bond donors (Lipinski definition) is 0. The van der Waals surface area contributed by atoms with Gasteiger partial charge in [-0.2, -0.15) is 0 Å². The van der Waals surface area contributed by atoms with Gasteiger partial charge in [-0.15, -0.1) is 0 Å². The van der Waals surface area contributed by atoms with Crippen molar-refractivity contribution in [2.75, 3.05) is 7.11 Å². The average molecular weight is 553 g/mol. The molecule has 9 rings (SSSR count). The van der Waals surface area contributed by atoms with Gasteiger partial charge in [0.1, 0.15) is 11.6 Å². The predicted molar refractivity (Wildman–Crippen MR) is 180 cm³/mol. The summed E-state index contributed by atoms with van der Waals surface area (Å²) in [6, 6.07) is 46.5. The summed E-state index contributed by atoms with van der Waals surface area (Å²) in [6.07, 6.45) is 0. The lowest BCUT2D eigenvalue weighted by Gasteiger charge is -2.20. The van der Waals surface area contributed by atoms with Crippen molar-refractivity contribution in [3.8, 4) is 28.0 Å². The van der Waals surface area contributed by atoms with Crippen LogP contribution in [0.4, 0.5) is 4.39 Å². The summed E-state index contributed by atoms with van der Waals surface area (Å²) in [5.74, 6) is 0.701. The van der Waals surface area contributed by atoms with Gasteiger partial charge in [0, 0.05) is 10.8 Å². The SMILES string of the molecule is COc1c2ccccc2c(-c2ccc3ccc4c(-c5ccc6cc(F)ccc6c5)ccc5ccc2c3c54)c2ccccc12. The molecule has 0 aliphatic carbocycles. The van der Waals surface area contributed by atoms with Crippen LogP contribution in [0.15, 0.2) is 133 Å². The monoisotopic (exact) mass is 552 g/mol. The Hall–Kier alpha value is -5.47. The molecule has 0 spiro atoms. The molecular formula is C41H25FO. The van der Waals surface area contributed by atoms with E-state index in [9.17, 15) is 4.39 Å². The third kappa shape index (κ3) is 3.44. The second kappa shape index (κ2) is 9.01. The molecule has 0 amide bonds. The summed E-state index contributed by atoms with van der Waals surface area (Å²) < 4.78 is 19.8. The summed E-state index contributed by atoms with van der Waals surface area (Å²) in [4.78, 5) is 0. The van der Waals surface area contributed by atoms with Gasteiger partial charge in [-0.3, -0.25) is 0 Å². The van der Waals surface area contributed by atoms with Gasteiger partial charge in [0.25, 0.3) is 0 Å². The Kier molecular flexibility index (Phi) is 5.06. The molecule has 1 nitrogen and oxygen atoms in total. The Morgan fingerprint density at radius 1 is 0.442 bits per heavy atom. The molecule has 0 atom stereocenters. The zero-order valence-electron chi connectivity index (χ0n) is 23.5. The van der Waals surface area contributed by atoms with Crippen LogP contribution in [0.25, 0.3) is 86.9 Å². The molecule has 0 fully saturated rings. The van der Waals surface area contributed by atoms with Crippen molar-refractivity contribution in [1.82, 2.24) is 0 Å². The van der Waals surface area contributed by atoms with Crippen LogP contribution in [0.3, 0.4) is 0 Å². The smallest absolute Gasteiger partial charge is 0.134 e. The van der Waals surface area contributed by atoms with E-state index in [0.717, 1.165) is 32.9 Å². The molecule has 0 radical (unpaired) electrons. The Balaban J connectivity index is 1.38. The molecule has 0 saturated carbocycles. The van der Waals surface area contributed by atoms with Gasteiger partial charge in [-0.1, -0.05) is 115 Å². The summed E-state index contributed by atoms with van der Waals surface area (Å²) in [5.41, 5.74) is 4.75. The van der Waals surface area contributed by atoms with Crippen LogP contribution in [0.1, 0.15) is 0 Å². The lowest BCUT2D eigenvalue weighted by Crippen LogP contribution is -1.93. The van der Waals surface area contributed by atoms with E-state index >= 15 is 0 Å². The first kappa shape index (κ1) is 24.2. The average Bonchev–Trinajstić information content (AvgIpc) is 3.06. The zero-order chi connectivity index (χ0) is 28.7. The minimum atomic E-state index is -0.212. The zero-order valence-corrected chi connectivity index (χ0v) is 23.5. The molecule has 43 heavy (non-hydrogen) atoms. The highest BCUT2D eigenvalue weighted by Crippen LogP contribution is 2.47. The van der Waals surface area contributed by atoms with E-state index in [1.54, 1.807) is 13.2 Å². The first-order valence-corrected chi connectivity index (χ1v) is 14.6. The fraction of sp³-hybridized carbons (Fsp3) is 0.0244. The highest BCUT2D eigenvalue weighted by Gasteiger charge is 2.20. The molecule has 0 unspecified atom stereocenters. The molecular weight excluding hydrogens is 527 g/mol. The van der Waals surface area contributed by atoms with E-state index in [1.807, 2.05) is 12.1 Å². The number of methoxy groups -OCH3 is 1. The molecule has 0 aliphatic rings. The van der Waals surface area contributed by atoms with Gasteiger partial charge < -0.3 is 4.74 Å². The van der Waals surface area contributed by atoms with Gasteiger partial charge in [0.05, 0.1) is 7.11 Å². The topological polar surface area (TPSA) is 9.23 Å². The summed E-state index contributed by atoms with van der Waals surface area (Å²) in [5, 5.41) is 14.0. The van der Waals surface area contributed by atoms with Gasteiger partial charge in [0.2, 0.25) is 0 Å². The molecule has 0 N–H and O–H groups in total. The number of halogens is 1. The lowest BCUT2D eigenvalue weighted by molar-refractivity contribution is 0.424. The Bertz CT molecular complexity index is 2500.